The highest BCUT2D eigenvalue weighted by Crippen LogP contribution is 2.47. The topological polar surface area (TPSA) is 45.5 Å². The molecule has 1 saturated heterocycles. The van der Waals surface area contributed by atoms with Gasteiger partial charge in [-0.15, -0.1) is 24.0 Å². The van der Waals surface area contributed by atoms with Crippen LogP contribution in [0, 0.1) is 5.41 Å². The second kappa shape index (κ2) is 6.78. The number of nitrogens with zero attached hydrogens (tertiary/aromatic N) is 4. The fraction of sp³-hybridized carbons (Fsp3) is 0.714. The van der Waals surface area contributed by atoms with E-state index >= 15 is 0 Å². The number of nitrogens with one attached hydrogen (secondary N) is 1. The summed E-state index contributed by atoms with van der Waals surface area (Å²) >= 11 is 0. The molecule has 2 heterocycles. The Balaban J connectivity index is 0.00000147. The smallest absolute Gasteiger partial charge is 0.193 e. The molecular formula is C14H24IN5. The van der Waals surface area contributed by atoms with Gasteiger partial charge < -0.3 is 10.2 Å². The zero-order valence-electron chi connectivity index (χ0n) is 12.1. The van der Waals surface area contributed by atoms with Gasteiger partial charge in [0.2, 0.25) is 0 Å². The Kier molecular flexibility index (Phi) is 5.29. The molecule has 0 amide bonds. The molecule has 1 aliphatic heterocycles. The lowest BCUT2D eigenvalue weighted by molar-refractivity contribution is 0.151. The third-order valence-electron chi connectivity index (χ3n) is 4.55. The van der Waals surface area contributed by atoms with Crippen molar-refractivity contribution in [2.75, 3.05) is 26.7 Å². The number of likely N-dealkylation sites (tertiary alicyclic amines) is 1. The maximum atomic E-state index is 4.41. The van der Waals surface area contributed by atoms with Gasteiger partial charge in [-0.05, 0) is 30.7 Å². The second-order valence-corrected chi connectivity index (χ2v) is 5.77. The average molecular weight is 389 g/mol. The molecule has 1 saturated carbocycles. The van der Waals surface area contributed by atoms with Gasteiger partial charge in [0, 0.05) is 39.1 Å². The van der Waals surface area contributed by atoms with Crippen LogP contribution in [0.15, 0.2) is 23.5 Å². The molecule has 1 aliphatic carbocycles. The van der Waals surface area contributed by atoms with Crippen LogP contribution in [-0.4, -0.2) is 47.3 Å². The van der Waals surface area contributed by atoms with Gasteiger partial charge in [0.05, 0.1) is 6.54 Å². The Morgan fingerprint density at radius 1 is 1.40 bits per heavy atom. The SMILES string of the molecule is CN=C(NCCn1cccn1)N1CCC2(CCC2)C1.I. The quantitative estimate of drug-likeness (QED) is 0.489. The van der Waals surface area contributed by atoms with Crippen molar-refractivity contribution >= 4 is 29.9 Å². The van der Waals surface area contributed by atoms with Crippen LogP contribution < -0.4 is 5.32 Å². The summed E-state index contributed by atoms with van der Waals surface area (Å²) in [5, 5.41) is 7.66. The summed E-state index contributed by atoms with van der Waals surface area (Å²) in [6.45, 7) is 4.10. The average Bonchev–Trinajstić information content (AvgIpc) is 3.03. The molecule has 0 unspecified atom stereocenters. The summed E-state index contributed by atoms with van der Waals surface area (Å²) in [5.41, 5.74) is 0.625. The minimum Gasteiger partial charge on any atom is -0.354 e. The van der Waals surface area contributed by atoms with E-state index in [1.165, 1.54) is 32.2 Å². The summed E-state index contributed by atoms with van der Waals surface area (Å²) in [5.74, 6) is 1.05. The first-order valence-corrected chi connectivity index (χ1v) is 7.24. The van der Waals surface area contributed by atoms with Crippen LogP contribution in [0.25, 0.3) is 0 Å². The van der Waals surface area contributed by atoms with E-state index in [0.717, 1.165) is 25.6 Å². The standard InChI is InChI=1S/C14H23N5.HI/c1-15-13(16-8-11-19-9-3-7-17-19)18-10-6-14(12-18)4-2-5-14;/h3,7,9H,2,4-6,8,10-12H2,1H3,(H,15,16);1H. The predicted molar refractivity (Wildman–Crippen MR) is 91.5 cm³/mol. The minimum atomic E-state index is 0. The molecule has 5 nitrogen and oxygen atoms in total. The number of hydrogen-bond donors (Lipinski definition) is 1. The number of aromatic nitrogens is 2. The highest BCUT2D eigenvalue weighted by Gasteiger charge is 2.43. The molecule has 0 bridgehead atoms. The van der Waals surface area contributed by atoms with Crippen LogP contribution in [0.4, 0.5) is 0 Å². The number of hydrogen-bond acceptors (Lipinski definition) is 2. The van der Waals surface area contributed by atoms with Crippen molar-refractivity contribution in [2.24, 2.45) is 10.4 Å². The summed E-state index contributed by atoms with van der Waals surface area (Å²) in [6, 6.07) is 1.95. The Labute approximate surface area is 137 Å². The van der Waals surface area contributed by atoms with Gasteiger partial charge in [-0.3, -0.25) is 9.67 Å². The first kappa shape index (κ1) is 15.6. The summed E-state index contributed by atoms with van der Waals surface area (Å²) < 4.78 is 1.94. The van der Waals surface area contributed by atoms with Crippen molar-refractivity contribution in [2.45, 2.75) is 32.2 Å². The number of rotatable bonds is 3. The monoisotopic (exact) mass is 389 g/mol. The van der Waals surface area contributed by atoms with E-state index in [9.17, 15) is 0 Å². The summed E-state index contributed by atoms with van der Waals surface area (Å²) in [4.78, 5) is 6.83. The molecule has 2 aliphatic rings. The zero-order valence-corrected chi connectivity index (χ0v) is 14.4. The maximum absolute atomic E-state index is 4.41. The molecule has 1 aromatic heterocycles. The van der Waals surface area contributed by atoms with Crippen molar-refractivity contribution in [1.29, 1.82) is 0 Å². The lowest BCUT2D eigenvalue weighted by Gasteiger charge is -2.38. The molecule has 1 spiro atoms. The van der Waals surface area contributed by atoms with E-state index in [4.69, 9.17) is 0 Å². The normalized spacial score (nSPS) is 20.6. The van der Waals surface area contributed by atoms with Crippen molar-refractivity contribution in [1.82, 2.24) is 20.0 Å². The Morgan fingerprint density at radius 3 is 2.80 bits per heavy atom. The van der Waals surface area contributed by atoms with E-state index in [1.54, 1.807) is 0 Å². The van der Waals surface area contributed by atoms with Gasteiger partial charge >= 0.3 is 0 Å². The molecule has 20 heavy (non-hydrogen) atoms. The molecular weight excluding hydrogens is 365 g/mol. The molecule has 0 aromatic carbocycles. The molecule has 6 heteroatoms. The number of halogens is 1. The molecule has 2 fully saturated rings. The third-order valence-corrected chi connectivity index (χ3v) is 4.55. The Bertz CT molecular complexity index is 438. The van der Waals surface area contributed by atoms with Gasteiger partial charge in [0.25, 0.3) is 0 Å². The van der Waals surface area contributed by atoms with E-state index < -0.39 is 0 Å². The van der Waals surface area contributed by atoms with E-state index in [2.05, 4.69) is 20.3 Å². The van der Waals surface area contributed by atoms with Crippen molar-refractivity contribution in [3.05, 3.63) is 18.5 Å². The minimum absolute atomic E-state index is 0. The van der Waals surface area contributed by atoms with Crippen LogP contribution in [0.2, 0.25) is 0 Å². The summed E-state index contributed by atoms with van der Waals surface area (Å²) in [6.07, 6.45) is 9.38. The lowest BCUT2D eigenvalue weighted by Crippen LogP contribution is -2.43. The zero-order chi connectivity index (χ0) is 13.1. The van der Waals surface area contributed by atoms with Gasteiger partial charge in [0.1, 0.15) is 0 Å². The van der Waals surface area contributed by atoms with Crippen molar-refractivity contribution in [3.8, 4) is 0 Å². The lowest BCUT2D eigenvalue weighted by atomic mass is 9.68. The predicted octanol–water partition coefficient (Wildman–Crippen LogP) is 1.95. The first-order valence-electron chi connectivity index (χ1n) is 7.24. The van der Waals surface area contributed by atoms with Crippen LogP contribution in [0.5, 0.6) is 0 Å². The summed E-state index contributed by atoms with van der Waals surface area (Å²) in [7, 11) is 1.88. The number of aliphatic imine (C=N–C) groups is 1. The Morgan fingerprint density at radius 2 is 2.25 bits per heavy atom. The van der Waals surface area contributed by atoms with Gasteiger partial charge in [-0.1, -0.05) is 6.42 Å². The van der Waals surface area contributed by atoms with Crippen LogP contribution >= 0.6 is 24.0 Å². The van der Waals surface area contributed by atoms with E-state index in [0.29, 0.717) is 5.41 Å². The first-order chi connectivity index (χ1) is 9.31. The van der Waals surface area contributed by atoms with Gasteiger partial charge in [0.15, 0.2) is 5.96 Å². The second-order valence-electron chi connectivity index (χ2n) is 5.77. The third kappa shape index (κ3) is 3.27. The fourth-order valence-corrected chi connectivity index (χ4v) is 3.25. The van der Waals surface area contributed by atoms with Crippen LogP contribution in [0.1, 0.15) is 25.7 Å². The van der Waals surface area contributed by atoms with Crippen molar-refractivity contribution < 1.29 is 0 Å². The Hall–Kier alpha value is -0.790. The molecule has 1 N–H and O–H groups in total. The van der Waals surface area contributed by atoms with Crippen molar-refractivity contribution in [3.63, 3.8) is 0 Å². The number of guanidine groups is 1. The van der Waals surface area contributed by atoms with Gasteiger partial charge in [-0.2, -0.15) is 5.10 Å². The van der Waals surface area contributed by atoms with Crippen LogP contribution in [-0.2, 0) is 6.54 Å². The highest BCUT2D eigenvalue weighted by atomic mass is 127. The molecule has 0 radical (unpaired) electrons. The van der Waals surface area contributed by atoms with Crippen LogP contribution in [0.3, 0.4) is 0 Å². The highest BCUT2D eigenvalue weighted by molar-refractivity contribution is 14.0. The van der Waals surface area contributed by atoms with E-state index in [1.807, 2.05) is 30.2 Å². The fourth-order valence-electron chi connectivity index (χ4n) is 3.25. The molecule has 3 rings (SSSR count). The molecule has 1 aromatic rings. The largest absolute Gasteiger partial charge is 0.354 e. The van der Waals surface area contributed by atoms with Gasteiger partial charge in [-0.25, -0.2) is 0 Å². The maximum Gasteiger partial charge on any atom is 0.193 e. The van der Waals surface area contributed by atoms with E-state index in [-0.39, 0.29) is 24.0 Å². The molecule has 112 valence electrons. The molecule has 0 atom stereocenters.